The number of anilines is 1. The van der Waals surface area contributed by atoms with Crippen molar-refractivity contribution >= 4 is 22.6 Å². The summed E-state index contributed by atoms with van der Waals surface area (Å²) in [5.74, 6) is 0.622. The monoisotopic (exact) mass is 358 g/mol. The number of hydrogen-bond donors (Lipinski definition) is 1. The first kappa shape index (κ1) is 16.8. The molecule has 27 heavy (non-hydrogen) atoms. The number of aryl methyl sites for hydroxylation is 1. The van der Waals surface area contributed by atoms with Gasteiger partial charge >= 0.3 is 0 Å². The Morgan fingerprint density at radius 3 is 2.48 bits per heavy atom. The molecule has 0 radical (unpaired) electrons. The second-order valence-corrected chi connectivity index (χ2v) is 6.21. The molecule has 0 saturated carbocycles. The van der Waals surface area contributed by atoms with Gasteiger partial charge in [-0.3, -0.25) is 4.79 Å². The SMILES string of the molecule is COc1ccc(-n2nc3ccc(NC(=O)c4cccc(C)c4)cc3n2)cc1. The number of aromatic nitrogens is 3. The largest absolute Gasteiger partial charge is 0.497 e. The van der Waals surface area contributed by atoms with Gasteiger partial charge < -0.3 is 10.1 Å². The van der Waals surface area contributed by atoms with E-state index in [0.29, 0.717) is 16.8 Å². The number of hydrogen-bond acceptors (Lipinski definition) is 4. The third kappa shape index (κ3) is 3.50. The molecule has 0 aliphatic carbocycles. The molecule has 1 N–H and O–H groups in total. The smallest absolute Gasteiger partial charge is 0.255 e. The van der Waals surface area contributed by atoms with Crippen LogP contribution in [0.15, 0.2) is 66.7 Å². The first-order valence-corrected chi connectivity index (χ1v) is 8.52. The van der Waals surface area contributed by atoms with Crippen molar-refractivity contribution in [2.24, 2.45) is 0 Å². The van der Waals surface area contributed by atoms with Gasteiger partial charge in [-0.2, -0.15) is 4.80 Å². The minimum absolute atomic E-state index is 0.152. The summed E-state index contributed by atoms with van der Waals surface area (Å²) in [7, 11) is 1.63. The summed E-state index contributed by atoms with van der Waals surface area (Å²) in [5, 5.41) is 11.9. The molecule has 0 spiro atoms. The van der Waals surface area contributed by atoms with Gasteiger partial charge in [0.15, 0.2) is 0 Å². The van der Waals surface area contributed by atoms with E-state index in [0.717, 1.165) is 22.5 Å². The van der Waals surface area contributed by atoms with E-state index in [4.69, 9.17) is 4.74 Å². The summed E-state index contributed by atoms with van der Waals surface area (Å²) in [4.78, 5) is 14.0. The van der Waals surface area contributed by atoms with Crippen LogP contribution in [-0.2, 0) is 0 Å². The van der Waals surface area contributed by atoms with Gasteiger partial charge in [-0.1, -0.05) is 17.7 Å². The number of carbonyl (C=O) groups is 1. The Bertz CT molecular complexity index is 1120. The molecule has 6 nitrogen and oxygen atoms in total. The zero-order valence-corrected chi connectivity index (χ0v) is 15.0. The van der Waals surface area contributed by atoms with E-state index in [1.807, 2.05) is 67.6 Å². The Hall–Kier alpha value is -3.67. The summed E-state index contributed by atoms with van der Waals surface area (Å²) in [5.41, 5.74) is 4.62. The summed E-state index contributed by atoms with van der Waals surface area (Å²) in [6.45, 7) is 1.96. The topological polar surface area (TPSA) is 69.0 Å². The van der Waals surface area contributed by atoms with Gasteiger partial charge in [-0.15, -0.1) is 10.2 Å². The van der Waals surface area contributed by atoms with E-state index in [1.165, 1.54) is 0 Å². The van der Waals surface area contributed by atoms with Crippen molar-refractivity contribution in [3.8, 4) is 11.4 Å². The number of nitrogens with one attached hydrogen (secondary N) is 1. The number of nitrogens with zero attached hydrogens (tertiary/aromatic N) is 3. The Morgan fingerprint density at radius 1 is 0.963 bits per heavy atom. The van der Waals surface area contributed by atoms with Crippen molar-refractivity contribution in [3.63, 3.8) is 0 Å². The van der Waals surface area contributed by atoms with E-state index in [1.54, 1.807) is 18.0 Å². The predicted molar refractivity (Wildman–Crippen MR) is 105 cm³/mol. The van der Waals surface area contributed by atoms with E-state index in [9.17, 15) is 4.79 Å². The average Bonchev–Trinajstić information content (AvgIpc) is 3.11. The maximum atomic E-state index is 12.4. The highest BCUT2D eigenvalue weighted by molar-refractivity contribution is 6.05. The first-order chi connectivity index (χ1) is 13.1. The summed E-state index contributed by atoms with van der Waals surface area (Å²) < 4.78 is 5.17. The molecule has 3 aromatic carbocycles. The van der Waals surface area contributed by atoms with Crippen molar-refractivity contribution in [1.82, 2.24) is 15.0 Å². The lowest BCUT2D eigenvalue weighted by molar-refractivity contribution is 0.102. The Kier molecular flexibility index (Phi) is 4.30. The summed E-state index contributed by atoms with van der Waals surface area (Å²) >= 11 is 0. The highest BCUT2D eigenvalue weighted by Crippen LogP contribution is 2.19. The second kappa shape index (κ2) is 6.92. The summed E-state index contributed by atoms with van der Waals surface area (Å²) in [6.07, 6.45) is 0. The van der Waals surface area contributed by atoms with Crippen LogP contribution in [0.4, 0.5) is 5.69 Å². The van der Waals surface area contributed by atoms with Gasteiger partial charge in [-0.05, 0) is 61.5 Å². The van der Waals surface area contributed by atoms with Gasteiger partial charge in [0.1, 0.15) is 16.8 Å². The molecular weight excluding hydrogens is 340 g/mol. The van der Waals surface area contributed by atoms with Crippen LogP contribution < -0.4 is 10.1 Å². The summed E-state index contributed by atoms with van der Waals surface area (Å²) in [6, 6.07) is 20.4. The van der Waals surface area contributed by atoms with Crippen molar-refractivity contribution in [2.45, 2.75) is 6.92 Å². The lowest BCUT2D eigenvalue weighted by Gasteiger charge is -2.05. The normalized spacial score (nSPS) is 10.7. The van der Waals surface area contributed by atoms with Crippen LogP contribution in [0.3, 0.4) is 0 Å². The van der Waals surface area contributed by atoms with E-state index in [-0.39, 0.29) is 5.91 Å². The minimum Gasteiger partial charge on any atom is -0.497 e. The lowest BCUT2D eigenvalue weighted by Crippen LogP contribution is -2.11. The molecule has 4 aromatic rings. The van der Waals surface area contributed by atoms with Gasteiger partial charge in [0, 0.05) is 11.3 Å². The van der Waals surface area contributed by atoms with Crippen LogP contribution in [0.1, 0.15) is 15.9 Å². The number of amides is 1. The van der Waals surface area contributed by atoms with Gasteiger partial charge in [0.2, 0.25) is 0 Å². The molecule has 1 heterocycles. The molecule has 4 rings (SSSR count). The van der Waals surface area contributed by atoms with Gasteiger partial charge in [0.25, 0.3) is 5.91 Å². The molecule has 0 unspecified atom stereocenters. The molecule has 134 valence electrons. The first-order valence-electron chi connectivity index (χ1n) is 8.52. The number of rotatable bonds is 4. The number of fused-ring (bicyclic) bond motifs is 1. The molecule has 0 bridgehead atoms. The fourth-order valence-corrected chi connectivity index (χ4v) is 2.81. The minimum atomic E-state index is -0.152. The fourth-order valence-electron chi connectivity index (χ4n) is 2.81. The number of carbonyl (C=O) groups excluding carboxylic acids is 1. The van der Waals surface area contributed by atoms with Crippen molar-refractivity contribution in [2.75, 3.05) is 12.4 Å². The van der Waals surface area contributed by atoms with Gasteiger partial charge in [0.05, 0.1) is 12.8 Å². The van der Waals surface area contributed by atoms with E-state index in [2.05, 4.69) is 15.5 Å². The molecule has 0 aliphatic rings. The second-order valence-electron chi connectivity index (χ2n) is 6.21. The van der Waals surface area contributed by atoms with Crippen LogP contribution in [0, 0.1) is 6.92 Å². The highest BCUT2D eigenvalue weighted by Gasteiger charge is 2.09. The van der Waals surface area contributed by atoms with Crippen molar-refractivity contribution < 1.29 is 9.53 Å². The third-order valence-electron chi connectivity index (χ3n) is 4.22. The number of ether oxygens (including phenoxy) is 1. The molecule has 1 amide bonds. The van der Waals surface area contributed by atoms with E-state index >= 15 is 0 Å². The van der Waals surface area contributed by atoms with Crippen LogP contribution in [0.5, 0.6) is 5.75 Å². The lowest BCUT2D eigenvalue weighted by atomic mass is 10.1. The molecular formula is C21H18N4O2. The standard InChI is InChI=1S/C21H18N4O2/c1-14-4-3-5-15(12-14)21(26)22-16-6-11-19-20(13-16)24-25(23-19)17-7-9-18(27-2)10-8-17/h3-13H,1-2H3,(H,22,26). The molecule has 1 aromatic heterocycles. The maximum Gasteiger partial charge on any atom is 0.255 e. The van der Waals surface area contributed by atoms with Crippen LogP contribution in [0.25, 0.3) is 16.7 Å². The maximum absolute atomic E-state index is 12.4. The third-order valence-corrected chi connectivity index (χ3v) is 4.22. The van der Waals surface area contributed by atoms with Crippen LogP contribution in [0.2, 0.25) is 0 Å². The molecule has 0 fully saturated rings. The Labute approximate surface area is 156 Å². The Balaban J connectivity index is 1.59. The highest BCUT2D eigenvalue weighted by atomic mass is 16.5. The Morgan fingerprint density at radius 2 is 1.74 bits per heavy atom. The van der Waals surface area contributed by atoms with Crippen molar-refractivity contribution in [3.05, 3.63) is 77.9 Å². The quantitative estimate of drug-likeness (QED) is 0.599. The molecule has 0 saturated heterocycles. The molecule has 0 aliphatic heterocycles. The van der Waals surface area contributed by atoms with Crippen LogP contribution in [-0.4, -0.2) is 28.0 Å². The number of benzene rings is 3. The zero-order valence-electron chi connectivity index (χ0n) is 15.0. The van der Waals surface area contributed by atoms with Crippen LogP contribution >= 0.6 is 0 Å². The average molecular weight is 358 g/mol. The fraction of sp³-hybridized carbons (Fsp3) is 0.0952. The molecule has 0 atom stereocenters. The zero-order chi connectivity index (χ0) is 18.8. The predicted octanol–water partition coefficient (Wildman–Crippen LogP) is 3.99. The van der Waals surface area contributed by atoms with E-state index < -0.39 is 0 Å². The molecule has 6 heteroatoms. The van der Waals surface area contributed by atoms with Crippen molar-refractivity contribution in [1.29, 1.82) is 0 Å². The number of methoxy groups -OCH3 is 1. The van der Waals surface area contributed by atoms with Gasteiger partial charge in [-0.25, -0.2) is 0 Å².